The van der Waals surface area contributed by atoms with Gasteiger partial charge in [0.25, 0.3) is 11.5 Å². The van der Waals surface area contributed by atoms with Crippen molar-refractivity contribution in [2.45, 2.75) is 32.1 Å². The molecule has 0 atom stereocenters. The number of amides is 1. The van der Waals surface area contributed by atoms with Crippen LogP contribution in [0.5, 0.6) is 0 Å². The zero-order valence-electron chi connectivity index (χ0n) is 12.1. The molecule has 21 heavy (non-hydrogen) atoms. The number of aromatic nitrogens is 1. The predicted octanol–water partition coefficient (Wildman–Crippen LogP) is 1.15. The third-order valence-electron chi connectivity index (χ3n) is 4.27. The molecule has 1 amide bonds. The van der Waals surface area contributed by atoms with Crippen LogP contribution in [0.2, 0.25) is 0 Å². The van der Waals surface area contributed by atoms with Gasteiger partial charge in [-0.3, -0.25) is 14.4 Å². The van der Waals surface area contributed by atoms with Crippen LogP contribution in [-0.4, -0.2) is 28.1 Å². The fourth-order valence-corrected chi connectivity index (χ4v) is 2.83. The Morgan fingerprint density at radius 2 is 1.95 bits per heavy atom. The van der Waals surface area contributed by atoms with Gasteiger partial charge in [-0.25, -0.2) is 0 Å². The lowest BCUT2D eigenvalue weighted by atomic mass is 9.74. The maximum Gasteiger partial charge on any atom is 0.311 e. The molecule has 1 heterocycles. The Bertz CT molecular complexity index is 600. The highest BCUT2D eigenvalue weighted by Crippen LogP contribution is 2.36. The Balaban J connectivity index is 2.10. The summed E-state index contributed by atoms with van der Waals surface area (Å²) in [5.41, 5.74) is -0.909. The van der Waals surface area contributed by atoms with Crippen LogP contribution in [0.1, 0.15) is 42.6 Å². The van der Waals surface area contributed by atoms with E-state index >= 15 is 0 Å². The third-order valence-corrected chi connectivity index (χ3v) is 4.27. The van der Waals surface area contributed by atoms with Crippen LogP contribution in [0.3, 0.4) is 0 Å². The van der Waals surface area contributed by atoms with Crippen LogP contribution >= 0.6 is 0 Å². The van der Waals surface area contributed by atoms with Gasteiger partial charge in [-0.1, -0.05) is 25.3 Å². The minimum absolute atomic E-state index is 0.101. The van der Waals surface area contributed by atoms with Gasteiger partial charge >= 0.3 is 5.97 Å². The Morgan fingerprint density at radius 1 is 1.29 bits per heavy atom. The van der Waals surface area contributed by atoms with Crippen LogP contribution < -0.4 is 10.9 Å². The van der Waals surface area contributed by atoms with Gasteiger partial charge in [-0.15, -0.1) is 0 Å². The van der Waals surface area contributed by atoms with Gasteiger partial charge in [0, 0.05) is 19.7 Å². The van der Waals surface area contributed by atoms with Gasteiger partial charge in [0.05, 0.1) is 5.41 Å². The third kappa shape index (κ3) is 3.15. The van der Waals surface area contributed by atoms with E-state index in [0.29, 0.717) is 12.8 Å². The summed E-state index contributed by atoms with van der Waals surface area (Å²) in [6, 6.07) is 4.44. The normalized spacial score (nSPS) is 17.2. The molecule has 0 saturated heterocycles. The number of pyridine rings is 1. The van der Waals surface area contributed by atoms with E-state index < -0.39 is 17.3 Å². The van der Waals surface area contributed by atoms with Crippen molar-refractivity contribution >= 4 is 11.9 Å². The van der Waals surface area contributed by atoms with Gasteiger partial charge in [-0.2, -0.15) is 0 Å². The lowest BCUT2D eigenvalue weighted by Gasteiger charge is -2.33. The second-order valence-electron chi connectivity index (χ2n) is 5.64. The Hall–Kier alpha value is -2.11. The van der Waals surface area contributed by atoms with Crippen molar-refractivity contribution in [3.8, 4) is 0 Å². The molecule has 0 radical (unpaired) electrons. The van der Waals surface area contributed by atoms with Crippen molar-refractivity contribution in [3.63, 3.8) is 0 Å². The fraction of sp³-hybridized carbons (Fsp3) is 0.533. The average molecular weight is 292 g/mol. The first-order valence-electron chi connectivity index (χ1n) is 7.14. The zero-order chi connectivity index (χ0) is 15.5. The molecule has 1 aliphatic rings. The first-order chi connectivity index (χ1) is 9.96. The molecule has 0 aromatic carbocycles. The van der Waals surface area contributed by atoms with Gasteiger partial charge < -0.3 is 15.0 Å². The number of carbonyl (C=O) groups excluding carboxylic acids is 1. The highest BCUT2D eigenvalue weighted by molar-refractivity contribution is 5.92. The van der Waals surface area contributed by atoms with Crippen LogP contribution in [0.4, 0.5) is 0 Å². The topological polar surface area (TPSA) is 88.4 Å². The summed E-state index contributed by atoms with van der Waals surface area (Å²) < 4.78 is 1.25. The molecule has 1 aromatic heterocycles. The second-order valence-corrected chi connectivity index (χ2v) is 5.64. The number of nitrogens with zero attached hydrogens (tertiary/aromatic N) is 1. The molecule has 0 unspecified atom stereocenters. The molecule has 1 fully saturated rings. The molecule has 0 aliphatic heterocycles. The number of nitrogens with one attached hydrogen (secondary N) is 1. The average Bonchev–Trinajstić information content (AvgIpc) is 2.48. The molecule has 2 N–H and O–H groups in total. The largest absolute Gasteiger partial charge is 0.481 e. The van der Waals surface area contributed by atoms with E-state index in [9.17, 15) is 19.5 Å². The van der Waals surface area contributed by atoms with Gasteiger partial charge in [0.15, 0.2) is 0 Å². The van der Waals surface area contributed by atoms with E-state index in [-0.39, 0.29) is 17.8 Å². The quantitative estimate of drug-likeness (QED) is 0.871. The lowest BCUT2D eigenvalue weighted by molar-refractivity contribution is -0.150. The monoisotopic (exact) mass is 292 g/mol. The zero-order valence-corrected chi connectivity index (χ0v) is 12.1. The summed E-state index contributed by atoms with van der Waals surface area (Å²) in [5.74, 6) is -1.27. The summed E-state index contributed by atoms with van der Waals surface area (Å²) in [6.07, 6.45) is 3.93. The highest BCUT2D eigenvalue weighted by atomic mass is 16.4. The maximum atomic E-state index is 12.2. The summed E-state index contributed by atoms with van der Waals surface area (Å²) in [4.78, 5) is 35.2. The van der Waals surface area contributed by atoms with Crippen LogP contribution in [-0.2, 0) is 11.8 Å². The molecule has 2 rings (SSSR count). The van der Waals surface area contributed by atoms with Crippen LogP contribution in [0.15, 0.2) is 23.0 Å². The summed E-state index contributed by atoms with van der Waals surface area (Å²) in [7, 11) is 1.52. The van der Waals surface area contributed by atoms with Crippen molar-refractivity contribution in [3.05, 3.63) is 34.2 Å². The van der Waals surface area contributed by atoms with E-state index in [1.807, 2.05) is 0 Å². The predicted molar refractivity (Wildman–Crippen MR) is 77.2 cm³/mol. The Labute approximate surface area is 122 Å². The number of hydrogen-bond acceptors (Lipinski definition) is 3. The van der Waals surface area contributed by atoms with Crippen molar-refractivity contribution in [2.24, 2.45) is 12.5 Å². The van der Waals surface area contributed by atoms with Crippen LogP contribution in [0.25, 0.3) is 0 Å². The maximum absolute atomic E-state index is 12.2. The Morgan fingerprint density at radius 3 is 2.57 bits per heavy atom. The number of carboxylic acids is 1. The SMILES string of the molecule is Cn1c(C(=O)NCC2(C(=O)O)CCCCC2)cccc1=O. The van der Waals surface area contributed by atoms with Gasteiger partial charge in [0.2, 0.25) is 0 Å². The second kappa shape index (κ2) is 6.11. The lowest BCUT2D eigenvalue weighted by Crippen LogP contribution is -2.45. The van der Waals surface area contributed by atoms with Crippen LogP contribution in [0, 0.1) is 5.41 Å². The first-order valence-corrected chi connectivity index (χ1v) is 7.14. The number of aliphatic carboxylic acids is 1. The van der Waals surface area contributed by atoms with Crippen molar-refractivity contribution < 1.29 is 14.7 Å². The molecule has 6 nitrogen and oxygen atoms in total. The molecule has 6 heteroatoms. The molecule has 0 bridgehead atoms. The minimum Gasteiger partial charge on any atom is -0.481 e. The molecule has 1 saturated carbocycles. The van der Waals surface area contributed by atoms with E-state index in [1.54, 1.807) is 6.07 Å². The van der Waals surface area contributed by atoms with Crippen molar-refractivity contribution in [1.29, 1.82) is 0 Å². The number of hydrogen-bond donors (Lipinski definition) is 2. The summed E-state index contributed by atoms with van der Waals surface area (Å²) in [5, 5.41) is 12.1. The molecule has 1 aromatic rings. The smallest absolute Gasteiger partial charge is 0.311 e. The number of carboxylic acid groups (broad SMARTS) is 1. The molecular weight excluding hydrogens is 272 g/mol. The molecule has 0 spiro atoms. The summed E-state index contributed by atoms with van der Waals surface area (Å²) >= 11 is 0. The van der Waals surface area contributed by atoms with E-state index in [0.717, 1.165) is 19.3 Å². The highest BCUT2D eigenvalue weighted by Gasteiger charge is 2.39. The molecular formula is C15H20N2O4. The standard InChI is InChI=1S/C15H20N2O4/c1-17-11(6-5-7-12(17)18)13(19)16-10-15(14(20)21)8-3-2-4-9-15/h5-7H,2-4,8-10H2,1H3,(H,16,19)(H,20,21). The molecule has 1 aliphatic carbocycles. The van der Waals surface area contributed by atoms with E-state index in [1.165, 1.54) is 23.7 Å². The number of rotatable bonds is 4. The minimum atomic E-state index is -0.873. The van der Waals surface area contributed by atoms with Crippen molar-refractivity contribution in [2.75, 3.05) is 6.54 Å². The fourth-order valence-electron chi connectivity index (χ4n) is 2.83. The van der Waals surface area contributed by atoms with Crippen molar-refractivity contribution in [1.82, 2.24) is 9.88 Å². The van der Waals surface area contributed by atoms with E-state index in [2.05, 4.69) is 5.32 Å². The number of carbonyl (C=O) groups is 2. The first kappa shape index (κ1) is 15.3. The van der Waals surface area contributed by atoms with Gasteiger partial charge in [0.1, 0.15) is 5.69 Å². The Kier molecular flexibility index (Phi) is 4.45. The van der Waals surface area contributed by atoms with Gasteiger partial charge in [-0.05, 0) is 18.9 Å². The summed E-state index contributed by atoms with van der Waals surface area (Å²) in [6.45, 7) is 0.101. The molecule has 114 valence electrons. The van der Waals surface area contributed by atoms with E-state index in [4.69, 9.17) is 0 Å².